The van der Waals surface area contributed by atoms with Crippen LogP contribution in [-0.4, -0.2) is 5.26 Å². The van der Waals surface area contributed by atoms with E-state index in [1.165, 1.54) is 0 Å². The molecule has 0 aliphatic heterocycles. The maximum absolute atomic E-state index is 9.00. The molecule has 0 saturated carbocycles. The fourth-order valence-electron chi connectivity index (χ4n) is 0. The summed E-state index contributed by atoms with van der Waals surface area (Å²) in [5.41, 5.74) is 0. The molecule has 0 fully saturated rings. The third-order valence-corrected chi connectivity index (χ3v) is 0.300. The average Bonchev–Trinajstić information content (AvgIpc) is 1.35. The van der Waals surface area contributed by atoms with Gasteiger partial charge in [-0.1, -0.05) is 0 Å². The van der Waals surface area contributed by atoms with E-state index in [2.05, 4.69) is 4.67 Å². The molecule has 6 nitrogen and oxygen atoms in total. The second-order valence-corrected chi connectivity index (χ2v) is 1.59. The summed E-state index contributed by atoms with van der Waals surface area (Å²) in [6, 6.07) is 0. The van der Waals surface area contributed by atoms with E-state index in [0.29, 0.717) is 0 Å². The molecule has 0 amide bonds. The summed E-state index contributed by atoms with van der Waals surface area (Å²) in [4.78, 5) is 18.0. The van der Waals surface area contributed by atoms with Crippen molar-refractivity contribution < 1.29 is 75.7 Å². The van der Waals surface area contributed by atoms with Crippen LogP contribution in [0.1, 0.15) is 0 Å². The largest absolute Gasteiger partial charge is 1.00 e. The Balaban J connectivity index is -0.000000125. The molecule has 0 aliphatic rings. The van der Waals surface area contributed by atoms with E-state index < -0.39 is 7.82 Å². The summed E-state index contributed by atoms with van der Waals surface area (Å²) in [6.45, 7) is 0. The maximum atomic E-state index is 9.00. The van der Waals surface area contributed by atoms with Crippen LogP contribution >= 0.6 is 7.82 Å². The molecule has 0 atom stereocenters. The van der Waals surface area contributed by atoms with Crippen LogP contribution in [0.3, 0.4) is 0 Å². The number of phosphoric acid groups is 1. The Hall–Kier alpha value is 1.67. The molecular weight excluding hydrogens is 164 g/mol. The van der Waals surface area contributed by atoms with Gasteiger partial charge in [-0.15, -0.1) is 0 Å². The molecule has 0 saturated heterocycles. The van der Waals surface area contributed by atoms with Gasteiger partial charge >= 0.3 is 51.4 Å². The molecule has 0 rings (SSSR count). The first-order valence-electron chi connectivity index (χ1n) is 0.913. The molecule has 0 aromatic heterocycles. The minimum Gasteiger partial charge on any atom is -0.788 e. The van der Waals surface area contributed by atoms with Crippen molar-refractivity contribution in [1.29, 1.82) is 0 Å². The molecule has 0 aliphatic carbocycles. The van der Waals surface area contributed by atoms with Crippen molar-refractivity contribution in [1.82, 2.24) is 6.15 Å². The van der Waals surface area contributed by atoms with E-state index in [1.807, 2.05) is 0 Å². The Morgan fingerprint density at radius 3 is 1.62 bits per heavy atom. The number of quaternary nitrogens is 1. The zero-order valence-corrected chi connectivity index (χ0v) is 8.54. The van der Waals surface area contributed by atoms with Crippen LogP contribution in [0.15, 0.2) is 0 Å². The molecule has 0 aromatic carbocycles. The molecule has 0 unspecified atom stereocenters. The van der Waals surface area contributed by atoms with Gasteiger partial charge in [0.15, 0.2) is 0 Å². The Kier molecular flexibility index (Phi) is 13.8. The quantitative estimate of drug-likeness (QED) is 0.177. The Bertz CT molecular complexity index is 76.5. The van der Waals surface area contributed by atoms with Crippen molar-refractivity contribution in [2.45, 2.75) is 0 Å². The second kappa shape index (κ2) is 6.78. The normalized spacial score (nSPS) is 8.88. The summed E-state index contributed by atoms with van der Waals surface area (Å²) in [6.07, 6.45) is 0. The van der Waals surface area contributed by atoms with Crippen molar-refractivity contribution in [3.63, 3.8) is 0 Å². The topological polar surface area (TPSA) is 129 Å². The van der Waals surface area contributed by atoms with Gasteiger partial charge in [-0.25, -0.2) is 9.93 Å². The van der Waals surface area contributed by atoms with Gasteiger partial charge in [0.05, 0.1) is 7.82 Å². The van der Waals surface area contributed by atoms with Crippen LogP contribution in [0.25, 0.3) is 0 Å². The smallest absolute Gasteiger partial charge is 0.788 e. The average molecular weight is 169 g/mol. The van der Waals surface area contributed by atoms with Crippen molar-refractivity contribution in [2.24, 2.45) is 0 Å². The first-order valence-corrected chi connectivity index (χ1v) is 2.37. The summed E-state index contributed by atoms with van der Waals surface area (Å²) in [5.74, 6) is 0. The fraction of sp³-hybridized carbons (Fsp3) is 0. The SMILES string of the molecule is O=P([O-])([O-])OO.[K+].[NH4+]. The van der Waals surface area contributed by atoms with Crippen LogP contribution in [0, 0.1) is 0 Å². The molecule has 0 aromatic rings. The fourth-order valence-corrected chi connectivity index (χ4v) is 0. The summed E-state index contributed by atoms with van der Waals surface area (Å²) in [5, 5.41) is 7.01. The van der Waals surface area contributed by atoms with Gasteiger partial charge in [0.25, 0.3) is 0 Å². The molecule has 8 heavy (non-hydrogen) atoms. The van der Waals surface area contributed by atoms with E-state index in [-0.39, 0.29) is 57.5 Å². The molecule has 8 heteroatoms. The van der Waals surface area contributed by atoms with E-state index in [9.17, 15) is 0 Å². The van der Waals surface area contributed by atoms with Crippen molar-refractivity contribution in [2.75, 3.05) is 0 Å². The van der Waals surface area contributed by atoms with E-state index in [1.54, 1.807) is 0 Å². The Morgan fingerprint density at radius 1 is 1.50 bits per heavy atom. The summed E-state index contributed by atoms with van der Waals surface area (Å²) < 4.78 is 11.4. The Morgan fingerprint density at radius 2 is 1.62 bits per heavy atom. The second-order valence-electron chi connectivity index (χ2n) is 0.529. The minimum absolute atomic E-state index is 0. The third-order valence-electron chi connectivity index (χ3n) is 0.100. The van der Waals surface area contributed by atoms with Crippen LogP contribution in [0.4, 0.5) is 0 Å². The van der Waals surface area contributed by atoms with Gasteiger partial charge in [-0.05, 0) is 0 Å². The van der Waals surface area contributed by atoms with Crippen LogP contribution in [-0.2, 0) is 9.24 Å². The van der Waals surface area contributed by atoms with Gasteiger partial charge in [-0.2, -0.15) is 0 Å². The van der Waals surface area contributed by atoms with Gasteiger partial charge in [-0.3, -0.25) is 0 Å². The zero-order chi connectivity index (χ0) is 5.21. The minimum atomic E-state index is -5.09. The number of rotatable bonds is 1. The summed E-state index contributed by atoms with van der Waals surface area (Å²) in [7, 11) is -5.09. The van der Waals surface area contributed by atoms with Crippen molar-refractivity contribution in [3.8, 4) is 0 Å². The van der Waals surface area contributed by atoms with Crippen molar-refractivity contribution >= 4 is 7.82 Å². The van der Waals surface area contributed by atoms with Gasteiger partial charge in [0.1, 0.15) is 0 Å². The van der Waals surface area contributed by atoms with E-state index in [0.717, 1.165) is 0 Å². The van der Waals surface area contributed by atoms with E-state index in [4.69, 9.17) is 19.6 Å². The summed E-state index contributed by atoms with van der Waals surface area (Å²) >= 11 is 0. The molecule has 0 spiro atoms. The van der Waals surface area contributed by atoms with Gasteiger partial charge < -0.3 is 20.5 Å². The molecule has 5 N–H and O–H groups in total. The predicted octanol–water partition coefficient (Wildman–Crippen LogP) is -4.32. The molecule has 0 bridgehead atoms. The Labute approximate surface area is 88.4 Å². The maximum Gasteiger partial charge on any atom is 1.00 e. The molecule has 0 radical (unpaired) electrons. The zero-order valence-electron chi connectivity index (χ0n) is 4.53. The monoisotopic (exact) mass is 169 g/mol. The molecule has 46 valence electrons. The predicted molar refractivity (Wildman–Crippen MR) is 17.3 cm³/mol. The van der Waals surface area contributed by atoms with Crippen molar-refractivity contribution in [3.05, 3.63) is 0 Å². The molecular formula is H5KNO5P. The van der Waals surface area contributed by atoms with Gasteiger partial charge in [0.2, 0.25) is 0 Å². The third kappa shape index (κ3) is 15.6. The van der Waals surface area contributed by atoms with Crippen LogP contribution in [0.2, 0.25) is 0 Å². The van der Waals surface area contributed by atoms with Gasteiger partial charge in [0, 0.05) is 0 Å². The standard InChI is InChI=1S/K.H3N.H3O5P/c;;1-5-6(2,3)4/h;1H3;1H,(H2,2,3,4)/q+1;;/p-1. The molecule has 0 heterocycles. The van der Waals surface area contributed by atoms with E-state index >= 15 is 0 Å². The number of hydrogen-bond acceptors (Lipinski definition) is 5. The van der Waals surface area contributed by atoms with Crippen LogP contribution in [0.5, 0.6) is 0 Å². The first-order chi connectivity index (χ1) is 2.56. The first kappa shape index (κ1) is 16.3. The van der Waals surface area contributed by atoms with Crippen LogP contribution < -0.4 is 67.3 Å². The number of hydrogen-bond donors (Lipinski definition) is 2.